The molecule has 0 bridgehead atoms. The number of rotatable bonds is 3. The topological polar surface area (TPSA) is 54.0 Å². The van der Waals surface area contributed by atoms with Gasteiger partial charge in [-0.15, -0.1) is 0 Å². The fraction of sp³-hybridized carbons (Fsp3) is 0.385. The molecule has 1 atom stereocenters. The SMILES string of the molecule is CC(C(=O)NC(C)c1ccccn1)=C1CNC1. The van der Waals surface area contributed by atoms with E-state index in [2.05, 4.69) is 15.6 Å². The van der Waals surface area contributed by atoms with Gasteiger partial charge in [0, 0.05) is 24.9 Å². The van der Waals surface area contributed by atoms with Crippen LogP contribution < -0.4 is 10.6 Å². The number of aromatic nitrogens is 1. The van der Waals surface area contributed by atoms with Crippen LogP contribution in [-0.4, -0.2) is 24.0 Å². The van der Waals surface area contributed by atoms with Gasteiger partial charge in [0.05, 0.1) is 11.7 Å². The van der Waals surface area contributed by atoms with Gasteiger partial charge in [0.2, 0.25) is 5.91 Å². The molecule has 1 unspecified atom stereocenters. The van der Waals surface area contributed by atoms with Gasteiger partial charge in [-0.25, -0.2) is 0 Å². The first kappa shape index (κ1) is 11.8. The standard InChI is InChI=1S/C13H17N3O/c1-9(11-7-14-8-11)13(17)16-10(2)12-5-3-4-6-15-12/h3-6,10,14H,7-8H2,1-2H3,(H,16,17). The quantitative estimate of drug-likeness (QED) is 0.768. The highest BCUT2D eigenvalue weighted by atomic mass is 16.1. The maximum atomic E-state index is 11.9. The summed E-state index contributed by atoms with van der Waals surface area (Å²) in [5.74, 6) is -0.000321. The zero-order chi connectivity index (χ0) is 12.3. The lowest BCUT2D eigenvalue weighted by Gasteiger charge is -2.22. The molecule has 2 N–H and O–H groups in total. The summed E-state index contributed by atoms with van der Waals surface area (Å²) in [5, 5.41) is 6.09. The molecule has 0 saturated carbocycles. The van der Waals surface area contributed by atoms with E-state index in [0.29, 0.717) is 0 Å². The number of nitrogens with one attached hydrogen (secondary N) is 2. The summed E-state index contributed by atoms with van der Waals surface area (Å²) in [5.41, 5.74) is 2.90. The Morgan fingerprint density at radius 3 is 2.76 bits per heavy atom. The molecule has 1 aromatic rings. The normalized spacial score (nSPS) is 16.0. The molecule has 1 saturated heterocycles. The maximum Gasteiger partial charge on any atom is 0.247 e. The number of hydrogen-bond donors (Lipinski definition) is 2. The van der Waals surface area contributed by atoms with Crippen LogP contribution in [0, 0.1) is 0 Å². The molecule has 2 rings (SSSR count). The zero-order valence-corrected chi connectivity index (χ0v) is 10.2. The maximum absolute atomic E-state index is 11.9. The van der Waals surface area contributed by atoms with Gasteiger partial charge >= 0.3 is 0 Å². The van der Waals surface area contributed by atoms with Crippen molar-refractivity contribution in [2.45, 2.75) is 19.9 Å². The van der Waals surface area contributed by atoms with Gasteiger partial charge in [-0.1, -0.05) is 6.07 Å². The molecule has 17 heavy (non-hydrogen) atoms. The van der Waals surface area contributed by atoms with E-state index in [1.54, 1.807) is 6.20 Å². The summed E-state index contributed by atoms with van der Waals surface area (Å²) >= 11 is 0. The molecule has 2 heterocycles. The molecule has 1 fully saturated rings. The van der Waals surface area contributed by atoms with E-state index >= 15 is 0 Å². The Labute approximate surface area is 101 Å². The van der Waals surface area contributed by atoms with Gasteiger partial charge in [-0.2, -0.15) is 0 Å². The second-order valence-electron chi connectivity index (χ2n) is 4.28. The van der Waals surface area contributed by atoms with E-state index in [-0.39, 0.29) is 11.9 Å². The van der Waals surface area contributed by atoms with Crippen LogP contribution in [0.4, 0.5) is 0 Å². The molecule has 90 valence electrons. The minimum Gasteiger partial charge on any atom is -0.344 e. The van der Waals surface area contributed by atoms with Crippen LogP contribution in [0.25, 0.3) is 0 Å². The summed E-state index contributed by atoms with van der Waals surface area (Å²) in [4.78, 5) is 16.2. The second-order valence-corrected chi connectivity index (χ2v) is 4.28. The predicted molar refractivity (Wildman–Crippen MR) is 66.4 cm³/mol. The third kappa shape index (κ3) is 2.71. The number of carbonyl (C=O) groups excluding carboxylic acids is 1. The number of amides is 1. The summed E-state index contributed by atoms with van der Waals surface area (Å²) < 4.78 is 0. The van der Waals surface area contributed by atoms with Gasteiger partial charge in [0.15, 0.2) is 0 Å². The van der Waals surface area contributed by atoms with Gasteiger partial charge in [0.25, 0.3) is 0 Å². The van der Waals surface area contributed by atoms with Crippen LogP contribution in [0.1, 0.15) is 25.6 Å². The Kier molecular flexibility index (Phi) is 3.54. The van der Waals surface area contributed by atoms with Crippen molar-refractivity contribution in [3.8, 4) is 0 Å². The van der Waals surface area contributed by atoms with E-state index < -0.39 is 0 Å². The number of pyridine rings is 1. The Morgan fingerprint density at radius 1 is 1.47 bits per heavy atom. The fourth-order valence-corrected chi connectivity index (χ4v) is 1.69. The molecule has 4 nitrogen and oxygen atoms in total. The van der Waals surface area contributed by atoms with Gasteiger partial charge in [-0.3, -0.25) is 9.78 Å². The first-order valence-electron chi connectivity index (χ1n) is 5.79. The van der Waals surface area contributed by atoms with Crippen molar-refractivity contribution in [1.29, 1.82) is 0 Å². The van der Waals surface area contributed by atoms with Crippen LogP contribution in [-0.2, 0) is 4.79 Å². The van der Waals surface area contributed by atoms with Crippen molar-refractivity contribution in [1.82, 2.24) is 15.6 Å². The second kappa shape index (κ2) is 5.10. The minimum atomic E-state index is -0.0627. The molecular weight excluding hydrogens is 214 g/mol. The van der Waals surface area contributed by atoms with Crippen molar-refractivity contribution in [3.63, 3.8) is 0 Å². The molecule has 0 radical (unpaired) electrons. The highest BCUT2D eigenvalue weighted by molar-refractivity contribution is 5.94. The largest absolute Gasteiger partial charge is 0.344 e. The van der Waals surface area contributed by atoms with Crippen molar-refractivity contribution < 1.29 is 4.79 Å². The van der Waals surface area contributed by atoms with Crippen LogP contribution in [0.2, 0.25) is 0 Å². The molecule has 1 amide bonds. The monoisotopic (exact) mass is 231 g/mol. The zero-order valence-electron chi connectivity index (χ0n) is 10.2. The third-order valence-electron chi connectivity index (χ3n) is 3.03. The molecule has 1 aliphatic rings. The van der Waals surface area contributed by atoms with Crippen molar-refractivity contribution in [2.75, 3.05) is 13.1 Å². The first-order valence-corrected chi connectivity index (χ1v) is 5.79. The lowest BCUT2D eigenvalue weighted by Crippen LogP contribution is -2.38. The molecule has 0 aromatic carbocycles. The Balaban J connectivity index is 1.99. The highest BCUT2D eigenvalue weighted by Crippen LogP contribution is 2.12. The van der Waals surface area contributed by atoms with E-state index in [9.17, 15) is 4.79 Å². The van der Waals surface area contributed by atoms with Crippen LogP contribution in [0.5, 0.6) is 0 Å². The lowest BCUT2D eigenvalue weighted by atomic mass is 10.0. The summed E-state index contributed by atoms with van der Waals surface area (Å²) in [6.45, 7) is 5.47. The fourth-order valence-electron chi connectivity index (χ4n) is 1.69. The van der Waals surface area contributed by atoms with E-state index in [1.807, 2.05) is 32.0 Å². The van der Waals surface area contributed by atoms with E-state index in [4.69, 9.17) is 0 Å². The van der Waals surface area contributed by atoms with Crippen molar-refractivity contribution in [3.05, 3.63) is 41.2 Å². The summed E-state index contributed by atoms with van der Waals surface area (Å²) in [7, 11) is 0. The van der Waals surface area contributed by atoms with Crippen molar-refractivity contribution >= 4 is 5.91 Å². The Bertz CT molecular complexity index is 433. The summed E-state index contributed by atoms with van der Waals surface area (Å²) in [6.07, 6.45) is 1.74. The Hall–Kier alpha value is -1.68. The van der Waals surface area contributed by atoms with Gasteiger partial charge in [-0.05, 0) is 31.6 Å². The molecular formula is C13H17N3O. The highest BCUT2D eigenvalue weighted by Gasteiger charge is 2.17. The van der Waals surface area contributed by atoms with Gasteiger partial charge in [0.1, 0.15) is 0 Å². The molecule has 0 spiro atoms. The van der Waals surface area contributed by atoms with Crippen LogP contribution in [0.3, 0.4) is 0 Å². The molecule has 1 aromatic heterocycles. The minimum absolute atomic E-state index is 0.000321. The van der Waals surface area contributed by atoms with Crippen LogP contribution >= 0.6 is 0 Å². The smallest absolute Gasteiger partial charge is 0.247 e. The predicted octanol–water partition coefficient (Wildman–Crippen LogP) is 1.18. The Morgan fingerprint density at radius 2 is 2.24 bits per heavy atom. The molecule has 4 heteroatoms. The summed E-state index contributed by atoms with van der Waals surface area (Å²) in [6, 6.07) is 5.64. The van der Waals surface area contributed by atoms with Crippen LogP contribution in [0.15, 0.2) is 35.5 Å². The molecule has 1 aliphatic heterocycles. The van der Waals surface area contributed by atoms with Crippen molar-refractivity contribution in [2.24, 2.45) is 0 Å². The average Bonchev–Trinajstić information content (AvgIpc) is 2.27. The first-order chi connectivity index (χ1) is 8.18. The van der Waals surface area contributed by atoms with Gasteiger partial charge < -0.3 is 10.6 Å². The van der Waals surface area contributed by atoms with E-state index in [1.165, 1.54) is 5.57 Å². The number of nitrogens with zero attached hydrogens (tertiary/aromatic N) is 1. The third-order valence-corrected chi connectivity index (χ3v) is 3.03. The number of hydrogen-bond acceptors (Lipinski definition) is 3. The number of carbonyl (C=O) groups is 1. The molecule has 0 aliphatic carbocycles. The van der Waals surface area contributed by atoms with E-state index in [0.717, 1.165) is 24.4 Å². The average molecular weight is 231 g/mol. The lowest BCUT2D eigenvalue weighted by molar-refractivity contribution is -0.118.